The fraction of sp³-hybridized carbons (Fsp3) is 0.176. The van der Waals surface area contributed by atoms with Gasteiger partial charge in [-0.2, -0.15) is 0 Å². The molecule has 1 N–H and O–H groups in total. The Hall–Kier alpha value is -2.58. The van der Waals surface area contributed by atoms with Gasteiger partial charge in [0, 0.05) is 17.9 Å². The maximum Gasteiger partial charge on any atom is 0.262 e. The van der Waals surface area contributed by atoms with Crippen molar-refractivity contribution in [3.05, 3.63) is 47.5 Å². The molecule has 2 aromatic carbocycles. The second kappa shape index (κ2) is 6.97. The molecule has 0 saturated carbocycles. The number of ether oxygens (including phenoxy) is 1. The van der Waals surface area contributed by atoms with Gasteiger partial charge in [0.1, 0.15) is 5.75 Å². The fourth-order valence-electron chi connectivity index (χ4n) is 2.60. The van der Waals surface area contributed by atoms with E-state index in [1.165, 1.54) is 37.4 Å². The van der Waals surface area contributed by atoms with E-state index in [1.807, 2.05) is 0 Å². The molecule has 0 unspecified atom stereocenters. The maximum absolute atomic E-state index is 12.6. The van der Waals surface area contributed by atoms with Crippen LogP contribution >= 0.6 is 11.6 Å². The highest BCUT2D eigenvalue weighted by atomic mass is 35.5. The van der Waals surface area contributed by atoms with Crippen LogP contribution < -0.4 is 14.4 Å². The highest BCUT2D eigenvalue weighted by Gasteiger charge is 2.30. The van der Waals surface area contributed by atoms with Crippen LogP contribution in [0.25, 0.3) is 0 Å². The highest BCUT2D eigenvalue weighted by Crippen LogP contribution is 2.30. The summed E-state index contributed by atoms with van der Waals surface area (Å²) >= 11 is 5.91. The highest BCUT2D eigenvalue weighted by molar-refractivity contribution is 7.92. The number of sulfonamides is 1. The number of amides is 2. The van der Waals surface area contributed by atoms with Crippen molar-refractivity contribution in [2.45, 2.75) is 17.7 Å². The molecule has 1 aliphatic heterocycles. The van der Waals surface area contributed by atoms with Gasteiger partial charge in [-0.05, 0) is 42.5 Å². The SMILES string of the molecule is COc1ccc(Cl)cc1NS(=O)(=O)c1ccc(N2C(=O)CCC2=O)cc1. The smallest absolute Gasteiger partial charge is 0.262 e. The van der Waals surface area contributed by atoms with E-state index in [-0.39, 0.29) is 35.2 Å². The summed E-state index contributed by atoms with van der Waals surface area (Å²) in [6.07, 6.45) is 0.323. The van der Waals surface area contributed by atoms with Crippen molar-refractivity contribution in [3.63, 3.8) is 0 Å². The molecular formula is C17H15ClN2O5S. The molecule has 0 aliphatic carbocycles. The zero-order valence-corrected chi connectivity index (χ0v) is 15.3. The average molecular weight is 395 g/mol. The Morgan fingerprint density at radius 3 is 2.23 bits per heavy atom. The van der Waals surface area contributed by atoms with E-state index >= 15 is 0 Å². The fourth-order valence-corrected chi connectivity index (χ4v) is 3.84. The minimum atomic E-state index is -3.91. The number of anilines is 2. The number of rotatable bonds is 5. The molecular weight excluding hydrogens is 380 g/mol. The molecule has 26 heavy (non-hydrogen) atoms. The largest absolute Gasteiger partial charge is 0.495 e. The average Bonchev–Trinajstić information content (AvgIpc) is 2.93. The van der Waals surface area contributed by atoms with Crippen LogP contribution in [0.4, 0.5) is 11.4 Å². The van der Waals surface area contributed by atoms with Crippen LogP contribution in [0.5, 0.6) is 5.75 Å². The van der Waals surface area contributed by atoms with Crippen molar-refractivity contribution in [2.75, 3.05) is 16.7 Å². The zero-order valence-electron chi connectivity index (χ0n) is 13.7. The lowest BCUT2D eigenvalue weighted by Crippen LogP contribution is -2.28. The molecule has 1 heterocycles. The zero-order chi connectivity index (χ0) is 18.9. The normalized spacial score (nSPS) is 14.6. The van der Waals surface area contributed by atoms with Crippen molar-refractivity contribution in [3.8, 4) is 5.75 Å². The lowest BCUT2D eigenvalue weighted by atomic mass is 10.3. The summed E-state index contributed by atoms with van der Waals surface area (Å²) in [4.78, 5) is 24.6. The third-order valence-corrected chi connectivity index (χ3v) is 5.48. The molecule has 7 nitrogen and oxygen atoms in total. The topological polar surface area (TPSA) is 92.8 Å². The maximum atomic E-state index is 12.6. The minimum absolute atomic E-state index is 0.0256. The summed E-state index contributed by atoms with van der Waals surface area (Å²) in [5, 5.41) is 0.352. The van der Waals surface area contributed by atoms with Gasteiger partial charge in [0.05, 0.1) is 23.4 Å². The van der Waals surface area contributed by atoms with Crippen molar-refractivity contribution < 1.29 is 22.7 Å². The van der Waals surface area contributed by atoms with Gasteiger partial charge >= 0.3 is 0 Å². The van der Waals surface area contributed by atoms with Crippen molar-refractivity contribution >= 4 is 44.8 Å². The molecule has 2 aromatic rings. The van der Waals surface area contributed by atoms with Crippen molar-refractivity contribution in [2.24, 2.45) is 0 Å². The van der Waals surface area contributed by atoms with E-state index in [0.717, 1.165) is 4.90 Å². The number of hydrogen-bond acceptors (Lipinski definition) is 5. The van der Waals surface area contributed by atoms with Crippen LogP contribution in [0.3, 0.4) is 0 Å². The Kier molecular flexibility index (Phi) is 4.88. The third kappa shape index (κ3) is 3.51. The minimum Gasteiger partial charge on any atom is -0.495 e. The number of carbonyl (C=O) groups excluding carboxylic acids is 2. The van der Waals surface area contributed by atoms with Gasteiger partial charge in [-0.3, -0.25) is 19.2 Å². The Bertz CT molecular complexity index is 957. The Morgan fingerprint density at radius 1 is 1.04 bits per heavy atom. The number of carbonyl (C=O) groups is 2. The molecule has 0 spiro atoms. The van der Waals surface area contributed by atoms with Crippen LogP contribution in [0.15, 0.2) is 47.4 Å². The molecule has 0 aromatic heterocycles. The number of hydrogen-bond donors (Lipinski definition) is 1. The lowest BCUT2D eigenvalue weighted by Gasteiger charge is -2.15. The predicted molar refractivity (Wildman–Crippen MR) is 97.0 cm³/mol. The summed E-state index contributed by atoms with van der Waals surface area (Å²) in [6.45, 7) is 0. The quantitative estimate of drug-likeness (QED) is 0.787. The van der Waals surface area contributed by atoms with Gasteiger partial charge in [-0.25, -0.2) is 8.42 Å². The number of halogens is 1. The molecule has 0 bridgehead atoms. The standard InChI is InChI=1S/C17H15ClN2O5S/c1-25-15-7-2-11(18)10-14(15)19-26(23,24)13-5-3-12(4-6-13)20-16(21)8-9-17(20)22/h2-7,10,19H,8-9H2,1H3. The van der Waals surface area contributed by atoms with E-state index < -0.39 is 10.0 Å². The van der Waals surface area contributed by atoms with Crippen molar-refractivity contribution in [1.82, 2.24) is 0 Å². The number of nitrogens with zero attached hydrogens (tertiary/aromatic N) is 1. The monoisotopic (exact) mass is 394 g/mol. The van der Waals surface area contributed by atoms with E-state index in [4.69, 9.17) is 16.3 Å². The Morgan fingerprint density at radius 2 is 1.65 bits per heavy atom. The number of nitrogens with one attached hydrogen (secondary N) is 1. The molecule has 3 rings (SSSR count). The molecule has 1 aliphatic rings. The van der Waals surface area contributed by atoms with Gasteiger partial charge in [-0.1, -0.05) is 11.6 Å². The van der Waals surface area contributed by atoms with Gasteiger partial charge in [0.25, 0.3) is 10.0 Å². The van der Waals surface area contributed by atoms with E-state index in [9.17, 15) is 18.0 Å². The third-order valence-electron chi connectivity index (χ3n) is 3.86. The summed E-state index contributed by atoms with van der Waals surface area (Å²) in [6, 6.07) is 10.1. The summed E-state index contributed by atoms with van der Waals surface area (Å²) < 4.78 is 32.7. The lowest BCUT2D eigenvalue weighted by molar-refractivity contribution is -0.121. The first-order valence-electron chi connectivity index (χ1n) is 7.64. The summed E-state index contributed by atoms with van der Waals surface area (Å²) in [7, 11) is -2.49. The van der Waals surface area contributed by atoms with Crippen molar-refractivity contribution in [1.29, 1.82) is 0 Å². The molecule has 9 heteroatoms. The van der Waals surface area contributed by atoms with Crippen LogP contribution in [0, 0.1) is 0 Å². The second-order valence-electron chi connectivity index (χ2n) is 5.57. The predicted octanol–water partition coefficient (Wildman–Crippen LogP) is 2.80. The number of methoxy groups -OCH3 is 1. The molecule has 1 fully saturated rings. The first-order chi connectivity index (χ1) is 12.3. The molecule has 136 valence electrons. The van der Waals surface area contributed by atoms with Crippen LogP contribution in [-0.4, -0.2) is 27.3 Å². The van der Waals surface area contributed by atoms with Crippen LogP contribution in [0.1, 0.15) is 12.8 Å². The second-order valence-corrected chi connectivity index (χ2v) is 7.69. The summed E-state index contributed by atoms with van der Waals surface area (Å²) in [5.41, 5.74) is 0.547. The van der Waals surface area contributed by atoms with Gasteiger partial charge < -0.3 is 4.74 Å². The number of imide groups is 1. The molecule has 0 radical (unpaired) electrons. The Balaban J connectivity index is 1.88. The molecule has 1 saturated heterocycles. The van der Waals surface area contributed by atoms with Crippen LogP contribution in [0.2, 0.25) is 5.02 Å². The first kappa shape index (κ1) is 18.2. The van der Waals surface area contributed by atoms with E-state index in [0.29, 0.717) is 16.5 Å². The van der Waals surface area contributed by atoms with Gasteiger partial charge in [-0.15, -0.1) is 0 Å². The van der Waals surface area contributed by atoms with Gasteiger partial charge in [0.2, 0.25) is 11.8 Å². The van der Waals surface area contributed by atoms with E-state index in [2.05, 4.69) is 4.72 Å². The summed E-state index contributed by atoms with van der Waals surface area (Å²) in [5.74, 6) is -0.275. The molecule has 0 atom stereocenters. The van der Waals surface area contributed by atoms with Gasteiger partial charge in [0.15, 0.2) is 0 Å². The number of benzene rings is 2. The van der Waals surface area contributed by atoms with Crippen LogP contribution in [-0.2, 0) is 19.6 Å². The van der Waals surface area contributed by atoms with E-state index in [1.54, 1.807) is 12.1 Å². The first-order valence-corrected chi connectivity index (χ1v) is 9.50. The molecule has 2 amide bonds. The Labute approximate surface area is 155 Å².